The maximum Gasteiger partial charge on any atom is 0.242 e. The third-order valence-electron chi connectivity index (χ3n) is 3.54. The van der Waals surface area contributed by atoms with E-state index in [4.69, 9.17) is 0 Å². The lowest BCUT2D eigenvalue weighted by Crippen LogP contribution is -2.50. The number of sulfonamides is 1. The molecule has 0 spiro atoms. The van der Waals surface area contributed by atoms with Gasteiger partial charge >= 0.3 is 0 Å². The van der Waals surface area contributed by atoms with Crippen LogP contribution in [-0.2, 0) is 16.6 Å². The third-order valence-corrected chi connectivity index (χ3v) is 6.32. The summed E-state index contributed by atoms with van der Waals surface area (Å²) in [7, 11) is -3.38. The van der Waals surface area contributed by atoms with Crippen LogP contribution in [0.2, 0.25) is 0 Å². The average molecular weight is 302 g/mol. The van der Waals surface area contributed by atoms with Gasteiger partial charge in [-0.05, 0) is 50.6 Å². The first-order valence-corrected chi connectivity index (χ1v) is 9.14. The summed E-state index contributed by atoms with van der Waals surface area (Å²) in [6, 6.07) is 1.71. The van der Waals surface area contributed by atoms with Crippen LogP contribution < -0.4 is 10.0 Å². The van der Waals surface area contributed by atoms with Crippen molar-refractivity contribution in [2.24, 2.45) is 0 Å². The molecule has 0 unspecified atom stereocenters. The van der Waals surface area contributed by atoms with E-state index < -0.39 is 10.0 Å². The van der Waals surface area contributed by atoms with Gasteiger partial charge in [0.05, 0.1) is 4.90 Å². The molecular formula is C13H22N2O2S2. The van der Waals surface area contributed by atoms with Gasteiger partial charge in [-0.1, -0.05) is 6.92 Å². The first kappa shape index (κ1) is 15.0. The van der Waals surface area contributed by atoms with Crippen LogP contribution >= 0.6 is 11.3 Å². The maximum atomic E-state index is 12.4. The van der Waals surface area contributed by atoms with Crippen LogP contribution in [0.3, 0.4) is 0 Å². The minimum atomic E-state index is -3.38. The van der Waals surface area contributed by atoms with Gasteiger partial charge in [0, 0.05) is 17.0 Å². The minimum absolute atomic E-state index is 0.241. The van der Waals surface area contributed by atoms with Crippen LogP contribution in [0.25, 0.3) is 0 Å². The third kappa shape index (κ3) is 3.56. The molecule has 1 aliphatic rings. The molecule has 0 aliphatic heterocycles. The molecule has 0 atom stereocenters. The number of nitrogens with one attached hydrogen (secondary N) is 2. The van der Waals surface area contributed by atoms with Gasteiger partial charge in [-0.25, -0.2) is 13.1 Å². The number of hydrogen-bond acceptors (Lipinski definition) is 4. The second kappa shape index (κ2) is 5.91. The molecule has 0 saturated heterocycles. The van der Waals surface area contributed by atoms with Crippen molar-refractivity contribution in [1.29, 1.82) is 0 Å². The van der Waals surface area contributed by atoms with E-state index in [1.165, 1.54) is 11.3 Å². The molecule has 2 rings (SSSR count). The van der Waals surface area contributed by atoms with Crippen molar-refractivity contribution >= 4 is 21.4 Å². The average Bonchev–Trinajstić information content (AvgIpc) is 2.76. The SMILES string of the molecule is CCCNCc1sccc1S(=O)(=O)NC1(C)CCC1. The van der Waals surface area contributed by atoms with Crippen LogP contribution in [0.4, 0.5) is 0 Å². The lowest BCUT2D eigenvalue weighted by Gasteiger charge is -2.38. The van der Waals surface area contributed by atoms with Crippen molar-refractivity contribution in [2.75, 3.05) is 6.54 Å². The molecular weight excluding hydrogens is 280 g/mol. The summed E-state index contributed by atoms with van der Waals surface area (Å²) in [5.74, 6) is 0. The van der Waals surface area contributed by atoms with Gasteiger partial charge < -0.3 is 5.32 Å². The molecule has 6 heteroatoms. The van der Waals surface area contributed by atoms with Gasteiger partial charge in [0.15, 0.2) is 0 Å². The van der Waals surface area contributed by atoms with Crippen molar-refractivity contribution in [3.8, 4) is 0 Å². The Kier molecular flexibility index (Phi) is 4.66. The molecule has 1 fully saturated rings. The molecule has 2 N–H and O–H groups in total. The minimum Gasteiger partial charge on any atom is -0.312 e. The summed E-state index contributed by atoms with van der Waals surface area (Å²) in [6.07, 6.45) is 4.01. The predicted octanol–water partition coefficient (Wildman–Crippen LogP) is 2.47. The highest BCUT2D eigenvalue weighted by Crippen LogP contribution is 2.33. The second-order valence-electron chi connectivity index (χ2n) is 5.40. The van der Waals surface area contributed by atoms with Gasteiger partial charge in [0.25, 0.3) is 0 Å². The first-order chi connectivity index (χ1) is 8.97. The molecule has 1 aliphatic carbocycles. The molecule has 1 heterocycles. The number of hydrogen-bond donors (Lipinski definition) is 2. The van der Waals surface area contributed by atoms with Crippen molar-refractivity contribution in [1.82, 2.24) is 10.0 Å². The fourth-order valence-electron chi connectivity index (χ4n) is 2.26. The van der Waals surface area contributed by atoms with E-state index in [-0.39, 0.29) is 5.54 Å². The summed E-state index contributed by atoms with van der Waals surface area (Å²) in [6.45, 7) is 5.61. The predicted molar refractivity (Wildman–Crippen MR) is 78.9 cm³/mol. The van der Waals surface area contributed by atoms with Gasteiger partial charge in [-0.3, -0.25) is 0 Å². The quantitative estimate of drug-likeness (QED) is 0.761. The fraction of sp³-hybridized carbons (Fsp3) is 0.692. The largest absolute Gasteiger partial charge is 0.312 e. The van der Waals surface area contributed by atoms with E-state index in [2.05, 4.69) is 17.0 Å². The van der Waals surface area contributed by atoms with E-state index in [0.29, 0.717) is 11.4 Å². The van der Waals surface area contributed by atoms with Gasteiger partial charge in [-0.15, -0.1) is 11.3 Å². The molecule has 108 valence electrons. The maximum absolute atomic E-state index is 12.4. The normalized spacial score (nSPS) is 18.2. The molecule has 1 saturated carbocycles. The topological polar surface area (TPSA) is 58.2 Å². The van der Waals surface area contributed by atoms with Crippen LogP contribution in [0.5, 0.6) is 0 Å². The molecule has 0 radical (unpaired) electrons. The van der Waals surface area contributed by atoms with Gasteiger partial charge in [0.1, 0.15) is 0 Å². The van der Waals surface area contributed by atoms with E-state index in [0.717, 1.165) is 37.1 Å². The second-order valence-corrected chi connectivity index (χ2v) is 8.06. The highest BCUT2D eigenvalue weighted by molar-refractivity contribution is 7.89. The van der Waals surface area contributed by atoms with Crippen molar-refractivity contribution < 1.29 is 8.42 Å². The Morgan fingerprint density at radius 2 is 2.16 bits per heavy atom. The van der Waals surface area contributed by atoms with Crippen molar-refractivity contribution in [2.45, 2.75) is 56.5 Å². The molecule has 0 amide bonds. The standard InChI is InChI=1S/C13H22N2O2S2/c1-3-8-14-10-11-12(5-9-18-11)19(16,17)15-13(2)6-4-7-13/h5,9,14-15H,3-4,6-8,10H2,1-2H3. The van der Waals surface area contributed by atoms with E-state index in [1.54, 1.807) is 6.07 Å². The van der Waals surface area contributed by atoms with E-state index >= 15 is 0 Å². The van der Waals surface area contributed by atoms with Crippen molar-refractivity contribution in [3.63, 3.8) is 0 Å². The summed E-state index contributed by atoms with van der Waals surface area (Å²) < 4.78 is 27.7. The highest BCUT2D eigenvalue weighted by Gasteiger charge is 2.36. The molecule has 19 heavy (non-hydrogen) atoms. The molecule has 1 aromatic rings. The number of thiophene rings is 1. The lowest BCUT2D eigenvalue weighted by molar-refractivity contribution is 0.248. The molecule has 1 aromatic heterocycles. The Morgan fingerprint density at radius 1 is 1.42 bits per heavy atom. The first-order valence-electron chi connectivity index (χ1n) is 6.78. The Morgan fingerprint density at radius 3 is 2.74 bits per heavy atom. The van der Waals surface area contributed by atoms with Crippen LogP contribution in [0.15, 0.2) is 16.3 Å². The number of rotatable bonds is 7. The summed E-state index contributed by atoms with van der Waals surface area (Å²) in [4.78, 5) is 1.33. The van der Waals surface area contributed by atoms with E-state index in [9.17, 15) is 8.42 Å². The monoisotopic (exact) mass is 302 g/mol. The highest BCUT2D eigenvalue weighted by atomic mass is 32.2. The van der Waals surface area contributed by atoms with Gasteiger partial charge in [0.2, 0.25) is 10.0 Å². The Balaban J connectivity index is 2.09. The Bertz CT molecular complexity index is 519. The zero-order valence-corrected chi connectivity index (χ0v) is 13.2. The van der Waals surface area contributed by atoms with Crippen LogP contribution in [0.1, 0.15) is 44.4 Å². The zero-order chi connectivity index (χ0) is 13.9. The summed E-state index contributed by atoms with van der Waals surface area (Å²) in [5, 5.41) is 5.11. The van der Waals surface area contributed by atoms with Crippen LogP contribution in [-0.4, -0.2) is 20.5 Å². The molecule has 0 aromatic carbocycles. The van der Waals surface area contributed by atoms with Gasteiger partial charge in [-0.2, -0.15) is 0 Å². The molecule has 4 nitrogen and oxygen atoms in total. The Hall–Kier alpha value is -0.430. The Labute approximate surface area is 119 Å². The fourth-order valence-corrected chi connectivity index (χ4v) is 5.14. The van der Waals surface area contributed by atoms with E-state index in [1.807, 2.05) is 12.3 Å². The van der Waals surface area contributed by atoms with Crippen molar-refractivity contribution in [3.05, 3.63) is 16.3 Å². The summed E-state index contributed by atoms with van der Waals surface area (Å²) in [5.41, 5.74) is -0.241. The molecule has 0 bridgehead atoms. The summed E-state index contributed by atoms with van der Waals surface area (Å²) >= 11 is 1.50. The zero-order valence-electron chi connectivity index (χ0n) is 11.5. The van der Waals surface area contributed by atoms with Crippen LogP contribution in [0, 0.1) is 0 Å². The smallest absolute Gasteiger partial charge is 0.242 e. The lowest BCUT2D eigenvalue weighted by atomic mass is 9.80.